The molecule has 0 radical (unpaired) electrons. The average Bonchev–Trinajstić information content (AvgIpc) is 2.58. The standard InChI is InChI=1S/C17H30O7/c1-6-10(7-2)24-15-13(21-4)11(16(18)19)9-12(14(15)22-5)17(20)23-8-3/h10-15H,6-9H2,1-5H3,(H,18,19)/t11-,12+,13-,14+,15-/m0/s1. The lowest BCUT2D eigenvalue weighted by Gasteiger charge is -2.44. The van der Waals surface area contributed by atoms with Crippen LogP contribution >= 0.6 is 0 Å². The summed E-state index contributed by atoms with van der Waals surface area (Å²) in [6.45, 7) is 5.94. The first kappa shape index (κ1) is 20.9. The van der Waals surface area contributed by atoms with Gasteiger partial charge in [-0.25, -0.2) is 0 Å². The molecule has 1 rings (SSSR count). The SMILES string of the molecule is CCOC(=O)[C@@H]1C[C@H](C(=O)O)[C@H](OC)[C@H](OC(CC)CC)[C@@H]1OC. The summed E-state index contributed by atoms with van der Waals surface area (Å²) in [4.78, 5) is 24.0. The summed E-state index contributed by atoms with van der Waals surface area (Å²) in [5.41, 5.74) is 0. The average molecular weight is 346 g/mol. The molecule has 0 aromatic rings. The number of esters is 1. The number of hydrogen-bond acceptors (Lipinski definition) is 6. The van der Waals surface area contributed by atoms with Gasteiger partial charge < -0.3 is 24.1 Å². The fourth-order valence-electron chi connectivity index (χ4n) is 3.36. The van der Waals surface area contributed by atoms with Gasteiger partial charge in [0.05, 0.1) is 36.8 Å². The van der Waals surface area contributed by atoms with Crippen LogP contribution in [0, 0.1) is 11.8 Å². The van der Waals surface area contributed by atoms with Crippen molar-refractivity contribution in [3.63, 3.8) is 0 Å². The van der Waals surface area contributed by atoms with Gasteiger partial charge in [-0.15, -0.1) is 0 Å². The van der Waals surface area contributed by atoms with Crippen LogP contribution in [-0.4, -0.2) is 62.3 Å². The molecule has 1 saturated carbocycles. The molecule has 1 aliphatic rings. The summed E-state index contributed by atoms with van der Waals surface area (Å²) in [5.74, 6) is -3.01. The van der Waals surface area contributed by atoms with Crippen LogP contribution in [0.4, 0.5) is 0 Å². The lowest BCUT2D eigenvalue weighted by Crippen LogP contribution is -2.58. The van der Waals surface area contributed by atoms with E-state index in [9.17, 15) is 14.7 Å². The first-order chi connectivity index (χ1) is 11.4. The van der Waals surface area contributed by atoms with Crippen molar-refractivity contribution in [2.24, 2.45) is 11.8 Å². The largest absolute Gasteiger partial charge is 0.481 e. The Morgan fingerprint density at radius 1 is 1.00 bits per heavy atom. The van der Waals surface area contributed by atoms with Gasteiger partial charge in [0.15, 0.2) is 0 Å². The van der Waals surface area contributed by atoms with Gasteiger partial charge in [0.1, 0.15) is 6.10 Å². The minimum atomic E-state index is -1.01. The maximum absolute atomic E-state index is 12.3. The number of carbonyl (C=O) groups is 2. The zero-order valence-corrected chi connectivity index (χ0v) is 15.2. The summed E-state index contributed by atoms with van der Waals surface area (Å²) in [7, 11) is 2.95. The van der Waals surface area contributed by atoms with E-state index >= 15 is 0 Å². The van der Waals surface area contributed by atoms with E-state index in [2.05, 4.69) is 0 Å². The first-order valence-corrected chi connectivity index (χ1v) is 8.55. The number of methoxy groups -OCH3 is 2. The van der Waals surface area contributed by atoms with Crippen LogP contribution in [0.25, 0.3) is 0 Å². The summed E-state index contributed by atoms with van der Waals surface area (Å²) in [5, 5.41) is 9.57. The Balaban J connectivity index is 3.17. The number of rotatable bonds is 9. The van der Waals surface area contributed by atoms with Crippen molar-refractivity contribution in [2.45, 2.75) is 64.4 Å². The van der Waals surface area contributed by atoms with Crippen molar-refractivity contribution in [3.8, 4) is 0 Å². The molecule has 24 heavy (non-hydrogen) atoms. The zero-order chi connectivity index (χ0) is 18.3. The summed E-state index contributed by atoms with van der Waals surface area (Å²) >= 11 is 0. The van der Waals surface area contributed by atoms with E-state index in [1.807, 2.05) is 13.8 Å². The van der Waals surface area contributed by atoms with Crippen molar-refractivity contribution in [2.75, 3.05) is 20.8 Å². The zero-order valence-electron chi connectivity index (χ0n) is 15.2. The molecule has 5 atom stereocenters. The second-order valence-corrected chi connectivity index (χ2v) is 5.98. The van der Waals surface area contributed by atoms with Gasteiger partial charge in [0.25, 0.3) is 0 Å². The predicted octanol–water partition coefficient (Wildman–Crippen LogP) is 1.87. The van der Waals surface area contributed by atoms with E-state index < -0.39 is 42.1 Å². The van der Waals surface area contributed by atoms with Gasteiger partial charge >= 0.3 is 11.9 Å². The molecular weight excluding hydrogens is 316 g/mol. The lowest BCUT2D eigenvalue weighted by atomic mass is 9.75. The topological polar surface area (TPSA) is 91.3 Å². The van der Waals surface area contributed by atoms with Crippen LogP contribution in [0.1, 0.15) is 40.0 Å². The molecule has 0 aromatic carbocycles. The third-order valence-electron chi connectivity index (χ3n) is 4.66. The molecular formula is C17H30O7. The lowest BCUT2D eigenvalue weighted by molar-refractivity contribution is -0.210. The van der Waals surface area contributed by atoms with Gasteiger partial charge in [-0.2, -0.15) is 0 Å². The fraction of sp³-hybridized carbons (Fsp3) is 0.882. The van der Waals surface area contributed by atoms with Crippen LogP contribution < -0.4 is 0 Å². The first-order valence-electron chi connectivity index (χ1n) is 8.55. The maximum atomic E-state index is 12.3. The Morgan fingerprint density at radius 3 is 1.96 bits per heavy atom. The molecule has 7 heteroatoms. The van der Waals surface area contributed by atoms with Gasteiger partial charge in [-0.1, -0.05) is 13.8 Å². The summed E-state index contributed by atoms with van der Waals surface area (Å²) in [6.07, 6.45) is -0.323. The Labute approximate surface area is 143 Å². The number of carboxylic acids is 1. The smallest absolute Gasteiger partial charge is 0.311 e. The number of carboxylic acid groups (broad SMARTS) is 1. The van der Waals surface area contributed by atoms with E-state index in [1.54, 1.807) is 6.92 Å². The molecule has 1 fully saturated rings. The Morgan fingerprint density at radius 2 is 1.54 bits per heavy atom. The number of carbonyl (C=O) groups excluding carboxylic acids is 1. The molecule has 0 unspecified atom stereocenters. The van der Waals surface area contributed by atoms with E-state index in [0.29, 0.717) is 0 Å². The highest BCUT2D eigenvalue weighted by Gasteiger charge is 2.52. The van der Waals surface area contributed by atoms with E-state index in [0.717, 1.165) is 12.8 Å². The normalized spacial score (nSPS) is 30.3. The molecule has 0 heterocycles. The van der Waals surface area contributed by atoms with E-state index in [4.69, 9.17) is 18.9 Å². The van der Waals surface area contributed by atoms with E-state index in [1.165, 1.54) is 14.2 Å². The molecule has 7 nitrogen and oxygen atoms in total. The Bertz CT molecular complexity index is 408. The maximum Gasteiger partial charge on any atom is 0.311 e. The molecule has 0 bridgehead atoms. The minimum Gasteiger partial charge on any atom is -0.481 e. The van der Waals surface area contributed by atoms with Crippen LogP contribution in [0.2, 0.25) is 0 Å². The Kier molecular flexibility index (Phi) is 8.66. The van der Waals surface area contributed by atoms with Crippen molar-refractivity contribution in [1.29, 1.82) is 0 Å². The Hall–Kier alpha value is -1.18. The third kappa shape index (κ3) is 4.68. The molecule has 1 N–H and O–H groups in total. The van der Waals surface area contributed by atoms with Crippen LogP contribution in [0.3, 0.4) is 0 Å². The highest BCUT2D eigenvalue weighted by Crippen LogP contribution is 2.37. The van der Waals surface area contributed by atoms with Crippen LogP contribution in [0.15, 0.2) is 0 Å². The van der Waals surface area contributed by atoms with Crippen molar-refractivity contribution in [1.82, 2.24) is 0 Å². The number of aliphatic carboxylic acids is 1. The molecule has 0 aromatic heterocycles. The monoisotopic (exact) mass is 346 g/mol. The highest BCUT2D eigenvalue weighted by molar-refractivity contribution is 5.77. The third-order valence-corrected chi connectivity index (χ3v) is 4.66. The minimum absolute atomic E-state index is 0.0549. The molecule has 0 aliphatic heterocycles. The van der Waals surface area contributed by atoms with Gasteiger partial charge in [0, 0.05) is 14.2 Å². The van der Waals surface area contributed by atoms with E-state index in [-0.39, 0.29) is 19.1 Å². The fourth-order valence-corrected chi connectivity index (χ4v) is 3.36. The second kappa shape index (κ2) is 9.96. The van der Waals surface area contributed by atoms with Gasteiger partial charge in [-0.3, -0.25) is 9.59 Å². The predicted molar refractivity (Wildman–Crippen MR) is 86.7 cm³/mol. The molecule has 140 valence electrons. The second-order valence-electron chi connectivity index (χ2n) is 5.98. The van der Waals surface area contributed by atoms with Crippen LogP contribution in [0.5, 0.6) is 0 Å². The quantitative estimate of drug-likeness (QED) is 0.637. The van der Waals surface area contributed by atoms with Crippen molar-refractivity contribution >= 4 is 11.9 Å². The van der Waals surface area contributed by atoms with Gasteiger partial charge in [-0.05, 0) is 26.2 Å². The van der Waals surface area contributed by atoms with Crippen LogP contribution in [-0.2, 0) is 28.5 Å². The summed E-state index contributed by atoms with van der Waals surface area (Å²) < 4.78 is 22.2. The molecule has 0 spiro atoms. The number of hydrogen-bond donors (Lipinski definition) is 1. The molecule has 0 amide bonds. The van der Waals surface area contributed by atoms with Crippen molar-refractivity contribution in [3.05, 3.63) is 0 Å². The highest BCUT2D eigenvalue weighted by atomic mass is 16.6. The molecule has 1 aliphatic carbocycles. The van der Waals surface area contributed by atoms with Gasteiger partial charge in [0.2, 0.25) is 0 Å². The van der Waals surface area contributed by atoms with Crippen molar-refractivity contribution < 1.29 is 33.6 Å². The summed E-state index contributed by atoms with van der Waals surface area (Å²) in [6, 6.07) is 0. The number of ether oxygens (including phenoxy) is 4. The molecule has 0 saturated heterocycles.